The summed E-state index contributed by atoms with van der Waals surface area (Å²) in [5.74, 6) is 2.09. The number of nitrogens with zero attached hydrogens (tertiary/aromatic N) is 2. The van der Waals surface area contributed by atoms with Crippen molar-refractivity contribution in [1.82, 2.24) is 9.97 Å². The quantitative estimate of drug-likeness (QED) is 0.821. The molecule has 0 saturated heterocycles. The molecule has 1 aliphatic heterocycles. The molecule has 1 aromatic carbocycles. The van der Waals surface area contributed by atoms with E-state index in [0.717, 1.165) is 16.9 Å². The molecule has 1 unspecified atom stereocenters. The molecule has 0 bridgehead atoms. The predicted octanol–water partition coefficient (Wildman–Crippen LogP) is 1.04. The van der Waals surface area contributed by atoms with Gasteiger partial charge in [-0.05, 0) is 6.07 Å². The molecule has 0 saturated carbocycles. The molecule has 0 aliphatic carbocycles. The van der Waals surface area contributed by atoms with E-state index >= 15 is 0 Å². The van der Waals surface area contributed by atoms with Gasteiger partial charge < -0.3 is 16.2 Å². The highest BCUT2D eigenvalue weighted by atomic mass is 16.5. The van der Waals surface area contributed by atoms with Gasteiger partial charge in [-0.15, -0.1) is 0 Å². The molecule has 18 heavy (non-hydrogen) atoms. The molecule has 2 heterocycles. The van der Waals surface area contributed by atoms with E-state index < -0.39 is 0 Å². The lowest BCUT2D eigenvalue weighted by atomic mass is 10.0. The van der Waals surface area contributed by atoms with Gasteiger partial charge in [-0.3, -0.25) is 0 Å². The maximum absolute atomic E-state index is 5.85. The number of ether oxygens (including phenoxy) is 1. The van der Waals surface area contributed by atoms with Crippen LogP contribution < -0.4 is 16.2 Å². The Labute approximate surface area is 105 Å². The number of hydrogen-bond acceptors (Lipinski definition) is 5. The lowest BCUT2D eigenvalue weighted by Crippen LogP contribution is -2.12. The fourth-order valence-corrected chi connectivity index (χ4v) is 2.14. The van der Waals surface area contributed by atoms with E-state index in [1.165, 1.54) is 0 Å². The van der Waals surface area contributed by atoms with E-state index in [1.807, 2.05) is 24.3 Å². The van der Waals surface area contributed by atoms with E-state index in [0.29, 0.717) is 24.8 Å². The summed E-state index contributed by atoms with van der Waals surface area (Å²) in [5.41, 5.74) is 13.3. The zero-order valence-corrected chi connectivity index (χ0v) is 9.84. The largest absolute Gasteiger partial charge is 0.492 e. The first-order valence-corrected chi connectivity index (χ1v) is 5.82. The molecule has 4 N–H and O–H groups in total. The minimum Gasteiger partial charge on any atom is -0.492 e. The molecule has 0 amide bonds. The van der Waals surface area contributed by atoms with E-state index in [1.54, 1.807) is 6.20 Å². The van der Waals surface area contributed by atoms with Crippen molar-refractivity contribution in [1.29, 1.82) is 0 Å². The van der Waals surface area contributed by atoms with E-state index in [4.69, 9.17) is 16.2 Å². The van der Waals surface area contributed by atoms with Crippen LogP contribution in [0.2, 0.25) is 0 Å². The summed E-state index contributed by atoms with van der Waals surface area (Å²) in [6.45, 7) is 0.907. The van der Waals surface area contributed by atoms with Gasteiger partial charge in [0.1, 0.15) is 24.0 Å². The molecule has 5 heteroatoms. The van der Waals surface area contributed by atoms with Crippen molar-refractivity contribution in [2.45, 2.75) is 12.5 Å². The molecule has 3 rings (SSSR count). The lowest BCUT2D eigenvalue weighted by Gasteiger charge is -2.09. The number of aromatic nitrogens is 2. The molecule has 2 aromatic rings. The van der Waals surface area contributed by atoms with Crippen molar-refractivity contribution in [3.8, 4) is 5.75 Å². The fraction of sp³-hybridized carbons (Fsp3) is 0.231. The Bertz CT molecular complexity index is 585. The molecule has 1 aliphatic rings. The highest BCUT2D eigenvalue weighted by Gasteiger charge is 2.27. The number of anilines is 1. The summed E-state index contributed by atoms with van der Waals surface area (Å²) in [6.07, 6.45) is 1.69. The average molecular weight is 242 g/mol. The van der Waals surface area contributed by atoms with Gasteiger partial charge in [-0.1, -0.05) is 18.2 Å². The van der Waals surface area contributed by atoms with Crippen LogP contribution in [0.25, 0.3) is 0 Å². The van der Waals surface area contributed by atoms with Crippen LogP contribution in [0.4, 0.5) is 5.82 Å². The molecule has 0 radical (unpaired) electrons. The van der Waals surface area contributed by atoms with Crippen molar-refractivity contribution >= 4 is 5.82 Å². The number of benzene rings is 1. The van der Waals surface area contributed by atoms with Crippen LogP contribution in [0.1, 0.15) is 22.9 Å². The Hall–Kier alpha value is -2.14. The van der Waals surface area contributed by atoms with Crippen LogP contribution >= 0.6 is 0 Å². The number of fused-ring (bicyclic) bond motifs is 1. The van der Waals surface area contributed by atoms with Gasteiger partial charge >= 0.3 is 0 Å². The van der Waals surface area contributed by atoms with Crippen molar-refractivity contribution < 1.29 is 4.74 Å². The third kappa shape index (κ3) is 1.69. The normalized spacial score (nSPS) is 17.3. The Kier molecular flexibility index (Phi) is 2.60. The second-order valence-corrected chi connectivity index (χ2v) is 4.24. The summed E-state index contributed by atoms with van der Waals surface area (Å²) in [6, 6.07) is 7.92. The van der Waals surface area contributed by atoms with Crippen LogP contribution in [-0.4, -0.2) is 16.6 Å². The fourth-order valence-electron chi connectivity index (χ4n) is 2.14. The SMILES string of the molecule is NCc1cnc(C2COc3ccccc32)nc1N. The van der Waals surface area contributed by atoms with Gasteiger partial charge in [0.15, 0.2) is 0 Å². The van der Waals surface area contributed by atoms with Crippen molar-refractivity contribution in [3.05, 3.63) is 47.4 Å². The zero-order chi connectivity index (χ0) is 12.5. The molecule has 0 spiro atoms. The van der Waals surface area contributed by atoms with Crippen LogP contribution in [0.15, 0.2) is 30.5 Å². The second kappa shape index (κ2) is 4.27. The first kappa shape index (κ1) is 11.0. The van der Waals surface area contributed by atoms with Gasteiger partial charge in [0.2, 0.25) is 0 Å². The van der Waals surface area contributed by atoms with Gasteiger partial charge in [-0.2, -0.15) is 0 Å². The van der Waals surface area contributed by atoms with Gasteiger partial charge in [0, 0.05) is 23.9 Å². The van der Waals surface area contributed by atoms with Gasteiger partial charge in [0.05, 0.1) is 5.92 Å². The van der Waals surface area contributed by atoms with E-state index in [2.05, 4.69) is 9.97 Å². The van der Waals surface area contributed by atoms with E-state index in [9.17, 15) is 0 Å². The zero-order valence-electron chi connectivity index (χ0n) is 9.84. The monoisotopic (exact) mass is 242 g/mol. The summed E-state index contributed by atoms with van der Waals surface area (Å²) >= 11 is 0. The molecule has 0 fully saturated rings. The number of nitrogen functional groups attached to an aromatic ring is 1. The first-order chi connectivity index (χ1) is 8.79. The van der Waals surface area contributed by atoms with Crippen molar-refractivity contribution in [3.63, 3.8) is 0 Å². The molecular weight excluding hydrogens is 228 g/mol. The third-order valence-corrected chi connectivity index (χ3v) is 3.15. The topological polar surface area (TPSA) is 87.0 Å². The molecule has 5 nitrogen and oxygen atoms in total. The Balaban J connectivity index is 2.00. The predicted molar refractivity (Wildman–Crippen MR) is 68.1 cm³/mol. The number of hydrogen-bond donors (Lipinski definition) is 2. The maximum Gasteiger partial charge on any atom is 0.141 e. The smallest absolute Gasteiger partial charge is 0.141 e. The molecule has 92 valence electrons. The molecule has 1 atom stereocenters. The standard InChI is InChI=1S/C13H14N4O/c14-5-8-6-16-13(17-12(8)15)10-7-18-11-4-2-1-3-9(10)11/h1-4,6,10H,5,7,14H2,(H2,15,16,17). The summed E-state index contributed by atoms with van der Waals surface area (Å²) in [4.78, 5) is 8.67. The van der Waals surface area contributed by atoms with Crippen molar-refractivity contribution in [2.75, 3.05) is 12.3 Å². The molecule has 1 aromatic heterocycles. The van der Waals surface area contributed by atoms with Gasteiger partial charge in [0.25, 0.3) is 0 Å². The number of para-hydroxylation sites is 1. The van der Waals surface area contributed by atoms with E-state index in [-0.39, 0.29) is 5.92 Å². The first-order valence-electron chi connectivity index (χ1n) is 5.82. The Morgan fingerprint density at radius 1 is 1.33 bits per heavy atom. The van der Waals surface area contributed by atoms with Crippen LogP contribution in [0.5, 0.6) is 5.75 Å². The Morgan fingerprint density at radius 2 is 2.17 bits per heavy atom. The van der Waals surface area contributed by atoms with Crippen LogP contribution in [0, 0.1) is 0 Å². The average Bonchev–Trinajstić information content (AvgIpc) is 2.82. The lowest BCUT2D eigenvalue weighted by molar-refractivity contribution is 0.340. The highest BCUT2D eigenvalue weighted by molar-refractivity contribution is 5.45. The maximum atomic E-state index is 5.85. The van der Waals surface area contributed by atoms with Crippen molar-refractivity contribution in [2.24, 2.45) is 5.73 Å². The highest BCUT2D eigenvalue weighted by Crippen LogP contribution is 2.36. The third-order valence-electron chi connectivity index (χ3n) is 3.15. The van der Waals surface area contributed by atoms with Gasteiger partial charge in [-0.25, -0.2) is 9.97 Å². The Morgan fingerprint density at radius 3 is 2.94 bits per heavy atom. The minimum absolute atomic E-state index is 0.0512. The second-order valence-electron chi connectivity index (χ2n) is 4.24. The van der Waals surface area contributed by atoms with Crippen LogP contribution in [-0.2, 0) is 6.54 Å². The van der Waals surface area contributed by atoms with Crippen LogP contribution in [0.3, 0.4) is 0 Å². The number of nitrogens with two attached hydrogens (primary N) is 2. The summed E-state index contributed by atoms with van der Waals surface area (Å²) < 4.78 is 5.62. The number of rotatable bonds is 2. The molecular formula is C13H14N4O. The summed E-state index contributed by atoms with van der Waals surface area (Å²) in [5, 5.41) is 0. The summed E-state index contributed by atoms with van der Waals surface area (Å²) in [7, 11) is 0. The minimum atomic E-state index is 0.0512.